The quantitative estimate of drug-likeness (QED) is 0.699. The van der Waals surface area contributed by atoms with Crippen molar-refractivity contribution in [2.45, 2.75) is 51.7 Å². The number of carbonyl (C=O) groups excluding carboxylic acids is 3. The molecular formula is C21H25N5O3S. The van der Waals surface area contributed by atoms with E-state index in [-0.39, 0.29) is 24.1 Å². The zero-order valence-corrected chi connectivity index (χ0v) is 18.1. The molecule has 1 fully saturated rings. The number of para-hydroxylation sites is 1. The highest BCUT2D eigenvalue weighted by molar-refractivity contribution is 7.15. The Bertz CT molecular complexity index is 1000. The van der Waals surface area contributed by atoms with E-state index in [0.717, 1.165) is 16.3 Å². The molecule has 158 valence electrons. The molecule has 2 aliphatic rings. The Hall–Kier alpha value is -2.94. The van der Waals surface area contributed by atoms with Crippen LogP contribution in [0.15, 0.2) is 24.3 Å². The molecule has 9 heteroatoms. The Morgan fingerprint density at radius 3 is 2.73 bits per heavy atom. The predicted octanol–water partition coefficient (Wildman–Crippen LogP) is 2.65. The second-order valence-corrected chi connectivity index (χ2v) is 9.07. The number of aryl methyl sites for hydroxylation is 2. The van der Waals surface area contributed by atoms with Crippen LogP contribution < -0.4 is 16.0 Å². The van der Waals surface area contributed by atoms with Crippen molar-refractivity contribution in [3.05, 3.63) is 40.4 Å². The highest BCUT2D eigenvalue weighted by Crippen LogP contribution is 2.32. The van der Waals surface area contributed by atoms with Crippen molar-refractivity contribution >= 4 is 39.9 Å². The van der Waals surface area contributed by atoms with Gasteiger partial charge in [0.15, 0.2) is 5.13 Å². The third-order valence-corrected chi connectivity index (χ3v) is 6.86. The molecule has 0 bridgehead atoms. The Labute approximate surface area is 179 Å². The van der Waals surface area contributed by atoms with E-state index in [1.165, 1.54) is 11.3 Å². The molecule has 1 aromatic heterocycles. The SMILES string of the molecule is Cc1nc(NC(=O)[C@H](C)N2CC[C@]3(CCC2=O)NC(=O)c2ccccc2N3)sc1C. The minimum absolute atomic E-state index is 0.101. The monoisotopic (exact) mass is 427 g/mol. The molecule has 3 amide bonds. The first-order chi connectivity index (χ1) is 14.3. The minimum Gasteiger partial charge on any atom is -0.362 e. The third-order valence-electron chi connectivity index (χ3n) is 5.87. The van der Waals surface area contributed by atoms with Crippen LogP contribution in [0, 0.1) is 13.8 Å². The van der Waals surface area contributed by atoms with Crippen LogP contribution in [-0.2, 0) is 9.59 Å². The van der Waals surface area contributed by atoms with Gasteiger partial charge in [0.1, 0.15) is 11.7 Å². The van der Waals surface area contributed by atoms with Crippen LogP contribution in [0.5, 0.6) is 0 Å². The summed E-state index contributed by atoms with van der Waals surface area (Å²) in [6.45, 7) is 5.93. The number of thiazole rings is 1. The zero-order valence-electron chi connectivity index (χ0n) is 17.2. The lowest BCUT2D eigenvalue weighted by Crippen LogP contribution is -2.58. The fourth-order valence-corrected chi connectivity index (χ4v) is 4.74. The Balaban J connectivity index is 1.47. The van der Waals surface area contributed by atoms with E-state index < -0.39 is 11.7 Å². The number of rotatable bonds is 3. The number of amides is 3. The van der Waals surface area contributed by atoms with Gasteiger partial charge in [0.25, 0.3) is 5.91 Å². The molecule has 0 saturated carbocycles. The molecule has 1 aromatic carbocycles. The van der Waals surface area contributed by atoms with Crippen molar-refractivity contribution in [2.24, 2.45) is 0 Å². The van der Waals surface area contributed by atoms with Crippen LogP contribution in [0.4, 0.5) is 10.8 Å². The number of fused-ring (bicyclic) bond motifs is 1. The van der Waals surface area contributed by atoms with Crippen molar-refractivity contribution < 1.29 is 14.4 Å². The highest BCUT2D eigenvalue weighted by Gasteiger charge is 2.41. The van der Waals surface area contributed by atoms with Gasteiger partial charge in [-0.3, -0.25) is 14.4 Å². The molecule has 0 aliphatic carbocycles. The smallest absolute Gasteiger partial charge is 0.255 e. The number of nitrogens with zero attached hydrogens (tertiary/aromatic N) is 2. The Morgan fingerprint density at radius 2 is 2.00 bits per heavy atom. The molecule has 2 aliphatic heterocycles. The largest absolute Gasteiger partial charge is 0.362 e. The van der Waals surface area contributed by atoms with Crippen molar-refractivity contribution in [2.75, 3.05) is 17.2 Å². The number of likely N-dealkylation sites (tertiary alicyclic amines) is 1. The fourth-order valence-electron chi connectivity index (χ4n) is 3.93. The second-order valence-electron chi connectivity index (χ2n) is 7.87. The summed E-state index contributed by atoms with van der Waals surface area (Å²) in [4.78, 5) is 45.1. The second kappa shape index (κ2) is 7.71. The molecule has 3 heterocycles. The van der Waals surface area contributed by atoms with E-state index in [2.05, 4.69) is 20.9 Å². The first-order valence-corrected chi connectivity index (χ1v) is 10.8. The molecule has 2 aromatic rings. The number of hydrogen-bond donors (Lipinski definition) is 3. The van der Waals surface area contributed by atoms with Crippen molar-refractivity contribution in [3.8, 4) is 0 Å². The number of carbonyl (C=O) groups is 3. The van der Waals surface area contributed by atoms with Gasteiger partial charge in [0.2, 0.25) is 11.8 Å². The Morgan fingerprint density at radius 1 is 1.23 bits per heavy atom. The van der Waals surface area contributed by atoms with E-state index in [1.54, 1.807) is 17.9 Å². The minimum atomic E-state index is -0.699. The maximum atomic E-state index is 12.8. The van der Waals surface area contributed by atoms with Crippen LogP contribution in [0.3, 0.4) is 0 Å². The molecule has 4 rings (SSSR count). The average Bonchev–Trinajstić information content (AvgIpc) is 2.94. The van der Waals surface area contributed by atoms with E-state index in [0.29, 0.717) is 30.1 Å². The van der Waals surface area contributed by atoms with Crippen LogP contribution in [0.1, 0.15) is 47.1 Å². The molecule has 3 N–H and O–H groups in total. The number of benzene rings is 1. The molecule has 0 radical (unpaired) electrons. The summed E-state index contributed by atoms with van der Waals surface area (Å²) in [5.41, 5.74) is 1.55. The van der Waals surface area contributed by atoms with Crippen molar-refractivity contribution in [3.63, 3.8) is 0 Å². The zero-order chi connectivity index (χ0) is 21.5. The summed E-state index contributed by atoms with van der Waals surface area (Å²) in [6.07, 6.45) is 1.20. The summed E-state index contributed by atoms with van der Waals surface area (Å²) in [6, 6.07) is 6.70. The average molecular weight is 428 g/mol. The van der Waals surface area contributed by atoms with E-state index >= 15 is 0 Å². The van der Waals surface area contributed by atoms with Crippen molar-refractivity contribution in [1.82, 2.24) is 15.2 Å². The van der Waals surface area contributed by atoms with E-state index in [4.69, 9.17) is 0 Å². The first-order valence-electron chi connectivity index (χ1n) is 10.0. The molecular weight excluding hydrogens is 402 g/mol. The Kier molecular flexibility index (Phi) is 5.23. The number of aromatic nitrogens is 1. The van der Waals surface area contributed by atoms with Gasteiger partial charge in [0, 0.05) is 30.0 Å². The molecule has 8 nitrogen and oxygen atoms in total. The first kappa shape index (κ1) is 20.3. The van der Waals surface area contributed by atoms with Crippen LogP contribution in [-0.4, -0.2) is 45.9 Å². The normalized spacial score (nSPS) is 22.0. The topological polar surface area (TPSA) is 103 Å². The van der Waals surface area contributed by atoms with Crippen LogP contribution in [0.25, 0.3) is 0 Å². The summed E-state index contributed by atoms with van der Waals surface area (Å²) < 4.78 is 0. The molecule has 30 heavy (non-hydrogen) atoms. The van der Waals surface area contributed by atoms with Gasteiger partial charge in [-0.05, 0) is 39.3 Å². The van der Waals surface area contributed by atoms with Gasteiger partial charge in [-0.2, -0.15) is 0 Å². The van der Waals surface area contributed by atoms with Gasteiger partial charge in [-0.1, -0.05) is 12.1 Å². The summed E-state index contributed by atoms with van der Waals surface area (Å²) in [5, 5.41) is 9.83. The highest BCUT2D eigenvalue weighted by atomic mass is 32.1. The molecule has 1 spiro atoms. The van der Waals surface area contributed by atoms with Gasteiger partial charge in [-0.15, -0.1) is 11.3 Å². The number of hydrogen-bond acceptors (Lipinski definition) is 6. The predicted molar refractivity (Wildman–Crippen MR) is 116 cm³/mol. The van der Waals surface area contributed by atoms with Gasteiger partial charge in [0.05, 0.1) is 11.3 Å². The van der Waals surface area contributed by atoms with E-state index in [9.17, 15) is 14.4 Å². The van der Waals surface area contributed by atoms with Gasteiger partial charge in [-0.25, -0.2) is 4.98 Å². The molecule has 2 atom stereocenters. The lowest BCUT2D eigenvalue weighted by Gasteiger charge is -2.40. The summed E-state index contributed by atoms with van der Waals surface area (Å²) in [5.74, 6) is -0.513. The van der Waals surface area contributed by atoms with E-state index in [1.807, 2.05) is 32.0 Å². The van der Waals surface area contributed by atoms with Crippen molar-refractivity contribution in [1.29, 1.82) is 0 Å². The summed E-state index contributed by atoms with van der Waals surface area (Å²) >= 11 is 1.42. The lowest BCUT2D eigenvalue weighted by molar-refractivity contribution is -0.137. The van der Waals surface area contributed by atoms with Gasteiger partial charge < -0.3 is 20.9 Å². The number of nitrogens with one attached hydrogen (secondary N) is 3. The molecule has 0 unspecified atom stereocenters. The van der Waals surface area contributed by atoms with Crippen LogP contribution in [0.2, 0.25) is 0 Å². The molecule has 1 saturated heterocycles. The third kappa shape index (κ3) is 3.77. The lowest BCUT2D eigenvalue weighted by atomic mass is 9.95. The maximum Gasteiger partial charge on any atom is 0.255 e. The van der Waals surface area contributed by atoms with Crippen LogP contribution >= 0.6 is 11.3 Å². The van der Waals surface area contributed by atoms with Gasteiger partial charge >= 0.3 is 0 Å². The summed E-state index contributed by atoms with van der Waals surface area (Å²) in [7, 11) is 0. The fraction of sp³-hybridized carbons (Fsp3) is 0.429. The number of anilines is 2. The standard InChI is InChI=1S/C21H25N5O3S/c1-12-14(3)30-20(22-12)23-18(28)13(2)26-11-10-21(9-8-17(26)27)24-16-7-5-4-6-15(16)19(29)25-21/h4-7,13,24H,8-11H2,1-3H3,(H,25,29)(H,22,23,28)/t13-,21-/m0/s1. The maximum absolute atomic E-state index is 12.8.